The summed E-state index contributed by atoms with van der Waals surface area (Å²) in [5, 5.41) is 9.10. The highest BCUT2D eigenvalue weighted by Crippen LogP contribution is 2.27. The second-order valence-electron chi connectivity index (χ2n) is 6.80. The van der Waals surface area contributed by atoms with Crippen LogP contribution >= 0.6 is 0 Å². The van der Waals surface area contributed by atoms with Gasteiger partial charge >= 0.3 is 0 Å². The fraction of sp³-hybridized carbons (Fsp3) is 0.444. The lowest BCUT2D eigenvalue weighted by atomic mass is 10.0. The van der Waals surface area contributed by atoms with Crippen molar-refractivity contribution in [3.05, 3.63) is 41.0 Å². The summed E-state index contributed by atoms with van der Waals surface area (Å²) >= 11 is 0. The molecule has 0 aliphatic carbocycles. The first-order chi connectivity index (χ1) is 12.0. The van der Waals surface area contributed by atoms with Crippen molar-refractivity contribution < 1.29 is 9.32 Å². The molecule has 1 fully saturated rings. The highest BCUT2D eigenvalue weighted by molar-refractivity contribution is 6.06. The average Bonchev–Trinajstić information content (AvgIpc) is 3.20. The zero-order chi connectivity index (χ0) is 17.6. The maximum absolute atomic E-state index is 13.2. The van der Waals surface area contributed by atoms with Crippen molar-refractivity contribution in [1.82, 2.24) is 24.8 Å². The summed E-state index contributed by atoms with van der Waals surface area (Å²) in [6.45, 7) is 7.14. The van der Waals surface area contributed by atoms with Crippen LogP contribution < -0.4 is 0 Å². The number of carbonyl (C=O) groups is 1. The van der Waals surface area contributed by atoms with Gasteiger partial charge in [0.25, 0.3) is 11.6 Å². The van der Waals surface area contributed by atoms with Crippen LogP contribution in [0.15, 0.2) is 23.0 Å². The number of carbonyl (C=O) groups excluding carboxylic acids is 1. The molecule has 7 nitrogen and oxygen atoms in total. The molecule has 1 amide bonds. The van der Waals surface area contributed by atoms with Crippen LogP contribution in [-0.4, -0.2) is 43.8 Å². The number of pyridine rings is 1. The monoisotopic (exact) mass is 339 g/mol. The van der Waals surface area contributed by atoms with Gasteiger partial charge in [0, 0.05) is 25.0 Å². The Bertz CT molecular complexity index is 942. The van der Waals surface area contributed by atoms with Gasteiger partial charge in [-0.15, -0.1) is 0 Å². The summed E-state index contributed by atoms with van der Waals surface area (Å²) in [4.78, 5) is 19.4. The Kier molecular flexibility index (Phi) is 3.78. The van der Waals surface area contributed by atoms with E-state index in [1.165, 1.54) is 0 Å². The molecule has 7 heteroatoms. The molecule has 4 rings (SSSR count). The summed E-state index contributed by atoms with van der Waals surface area (Å²) in [7, 11) is 0. The number of rotatable bonds is 2. The SMILES string of the molecule is Cc1cnn([C@H]2CCCN(C(=O)c3cc(C)nc4onc(C)c34)C2)c1. The molecule has 0 spiro atoms. The Morgan fingerprint density at radius 2 is 2.16 bits per heavy atom. The minimum Gasteiger partial charge on any atom is -0.336 e. The lowest BCUT2D eigenvalue weighted by Crippen LogP contribution is -2.41. The van der Waals surface area contributed by atoms with Crippen LogP contribution in [0.2, 0.25) is 0 Å². The molecule has 1 saturated heterocycles. The summed E-state index contributed by atoms with van der Waals surface area (Å²) in [5.74, 6) is 0.00961. The molecular weight excluding hydrogens is 318 g/mol. The van der Waals surface area contributed by atoms with Gasteiger partial charge in [0.15, 0.2) is 0 Å². The fourth-order valence-electron chi connectivity index (χ4n) is 3.54. The lowest BCUT2D eigenvalue weighted by Gasteiger charge is -2.33. The number of piperidine rings is 1. The van der Waals surface area contributed by atoms with Crippen molar-refractivity contribution in [1.29, 1.82) is 0 Å². The van der Waals surface area contributed by atoms with Crippen LogP contribution in [0, 0.1) is 20.8 Å². The molecule has 1 atom stereocenters. The van der Waals surface area contributed by atoms with Gasteiger partial charge in [-0.05, 0) is 45.2 Å². The number of nitrogens with zero attached hydrogens (tertiary/aromatic N) is 5. The number of likely N-dealkylation sites (tertiary alicyclic amines) is 1. The molecule has 1 aliphatic heterocycles. The Balaban J connectivity index is 1.65. The van der Waals surface area contributed by atoms with E-state index in [-0.39, 0.29) is 11.9 Å². The van der Waals surface area contributed by atoms with E-state index < -0.39 is 0 Å². The normalized spacial score (nSPS) is 18.0. The van der Waals surface area contributed by atoms with Gasteiger partial charge in [-0.1, -0.05) is 5.16 Å². The topological polar surface area (TPSA) is 77.0 Å². The predicted octanol–water partition coefficient (Wildman–Crippen LogP) is 2.82. The van der Waals surface area contributed by atoms with Crippen molar-refractivity contribution in [2.24, 2.45) is 0 Å². The third kappa shape index (κ3) is 2.79. The Morgan fingerprint density at radius 1 is 1.32 bits per heavy atom. The van der Waals surface area contributed by atoms with Gasteiger partial charge in [-0.25, -0.2) is 4.98 Å². The molecule has 0 radical (unpaired) electrons. The van der Waals surface area contributed by atoms with Gasteiger partial charge in [-0.3, -0.25) is 9.48 Å². The third-order valence-corrected chi connectivity index (χ3v) is 4.76. The van der Waals surface area contributed by atoms with Gasteiger partial charge in [0.1, 0.15) is 0 Å². The van der Waals surface area contributed by atoms with Gasteiger partial charge < -0.3 is 9.42 Å². The molecule has 0 N–H and O–H groups in total. The quantitative estimate of drug-likeness (QED) is 0.717. The Hall–Kier alpha value is -2.70. The van der Waals surface area contributed by atoms with E-state index in [1.54, 1.807) is 0 Å². The Morgan fingerprint density at radius 3 is 2.92 bits per heavy atom. The minimum atomic E-state index is 0.00961. The highest BCUT2D eigenvalue weighted by atomic mass is 16.5. The Labute approximate surface area is 145 Å². The van der Waals surface area contributed by atoms with Crippen LogP contribution in [0.5, 0.6) is 0 Å². The van der Waals surface area contributed by atoms with Crippen LogP contribution in [0.1, 0.15) is 46.2 Å². The summed E-state index contributed by atoms with van der Waals surface area (Å²) in [6, 6.07) is 2.05. The van der Waals surface area contributed by atoms with E-state index >= 15 is 0 Å². The largest absolute Gasteiger partial charge is 0.336 e. The summed E-state index contributed by atoms with van der Waals surface area (Å²) in [5.41, 5.74) is 3.64. The van der Waals surface area contributed by atoms with E-state index in [1.807, 2.05) is 48.8 Å². The second kappa shape index (κ2) is 5.98. The molecule has 0 aromatic carbocycles. The van der Waals surface area contributed by atoms with E-state index in [2.05, 4.69) is 15.2 Å². The van der Waals surface area contributed by atoms with Crippen LogP contribution in [-0.2, 0) is 0 Å². The molecule has 3 aromatic heterocycles. The number of amides is 1. The van der Waals surface area contributed by atoms with Crippen LogP contribution in [0.3, 0.4) is 0 Å². The molecular formula is C18H21N5O2. The summed E-state index contributed by atoms with van der Waals surface area (Å²) in [6.07, 6.45) is 5.89. The maximum atomic E-state index is 13.2. The highest BCUT2D eigenvalue weighted by Gasteiger charge is 2.28. The standard InChI is InChI=1S/C18H21N5O2/c1-11-8-19-23(9-11)14-5-4-6-22(10-14)18(24)15-7-12(2)20-17-16(15)13(3)21-25-17/h7-9,14H,4-6,10H2,1-3H3/t14-/m0/s1. The van der Waals surface area contributed by atoms with Gasteiger partial charge in [-0.2, -0.15) is 5.10 Å². The van der Waals surface area contributed by atoms with Gasteiger partial charge in [0.05, 0.1) is 28.9 Å². The number of fused-ring (bicyclic) bond motifs is 1. The van der Waals surface area contributed by atoms with E-state index in [0.29, 0.717) is 28.9 Å². The molecule has 0 saturated carbocycles. The molecule has 1 aliphatic rings. The van der Waals surface area contributed by atoms with Crippen LogP contribution in [0.25, 0.3) is 11.1 Å². The second-order valence-corrected chi connectivity index (χ2v) is 6.80. The smallest absolute Gasteiger partial charge is 0.258 e. The van der Waals surface area contributed by atoms with Crippen molar-refractivity contribution in [2.45, 2.75) is 39.7 Å². The molecule has 4 heterocycles. The molecule has 25 heavy (non-hydrogen) atoms. The lowest BCUT2D eigenvalue weighted by molar-refractivity contribution is 0.0674. The first-order valence-corrected chi connectivity index (χ1v) is 8.56. The minimum absolute atomic E-state index is 0.00961. The average molecular weight is 339 g/mol. The zero-order valence-corrected chi connectivity index (χ0v) is 14.7. The van der Waals surface area contributed by atoms with E-state index in [0.717, 1.165) is 30.6 Å². The van der Waals surface area contributed by atoms with E-state index in [4.69, 9.17) is 4.52 Å². The number of hydrogen-bond acceptors (Lipinski definition) is 5. The first-order valence-electron chi connectivity index (χ1n) is 8.56. The maximum Gasteiger partial charge on any atom is 0.258 e. The van der Waals surface area contributed by atoms with Crippen LogP contribution in [0.4, 0.5) is 0 Å². The zero-order valence-electron chi connectivity index (χ0n) is 14.7. The van der Waals surface area contributed by atoms with Gasteiger partial charge in [0.2, 0.25) is 0 Å². The van der Waals surface area contributed by atoms with Crippen molar-refractivity contribution in [3.63, 3.8) is 0 Å². The molecule has 0 bridgehead atoms. The first kappa shape index (κ1) is 15.8. The third-order valence-electron chi connectivity index (χ3n) is 4.76. The van der Waals surface area contributed by atoms with E-state index in [9.17, 15) is 4.79 Å². The number of aryl methyl sites for hydroxylation is 3. The molecule has 130 valence electrons. The number of aromatic nitrogens is 4. The van der Waals surface area contributed by atoms with Crippen molar-refractivity contribution in [2.75, 3.05) is 13.1 Å². The van der Waals surface area contributed by atoms with Crippen molar-refractivity contribution in [3.8, 4) is 0 Å². The molecule has 0 unspecified atom stereocenters. The fourth-order valence-corrected chi connectivity index (χ4v) is 3.54. The number of hydrogen-bond donors (Lipinski definition) is 0. The predicted molar refractivity (Wildman–Crippen MR) is 92.4 cm³/mol. The summed E-state index contributed by atoms with van der Waals surface area (Å²) < 4.78 is 7.23. The van der Waals surface area contributed by atoms with Crippen molar-refractivity contribution >= 4 is 17.0 Å². The molecule has 3 aromatic rings.